The zero-order valence-corrected chi connectivity index (χ0v) is 14.2. The van der Waals surface area contributed by atoms with Crippen LogP contribution in [-0.4, -0.2) is 54.9 Å². The van der Waals surface area contributed by atoms with Crippen LogP contribution in [0.3, 0.4) is 0 Å². The Kier molecular flexibility index (Phi) is 11.7. The van der Waals surface area contributed by atoms with Gasteiger partial charge in [0.25, 0.3) is 0 Å². The van der Waals surface area contributed by atoms with Gasteiger partial charge >= 0.3 is 0 Å². The van der Waals surface area contributed by atoms with Crippen molar-refractivity contribution in [2.24, 2.45) is 0 Å². The molecule has 1 aliphatic rings. The topological polar surface area (TPSA) is 6.48 Å². The molecule has 0 saturated carbocycles. The molecule has 0 N–H and O–H groups in total. The molecule has 0 spiro atoms. The quantitative estimate of drug-likeness (QED) is 0.734. The molecule has 0 amide bonds. The average Bonchev–Trinajstić information content (AvgIpc) is 2.45. The largest absolute Gasteiger partial charge is 0.301 e. The number of alkyl halides is 1. The van der Waals surface area contributed by atoms with Crippen molar-refractivity contribution in [3.63, 3.8) is 0 Å². The fraction of sp³-hybridized carbons (Fsp3) is 0.600. The van der Waals surface area contributed by atoms with E-state index >= 15 is 0 Å². The average molecular weight is 340 g/mol. The summed E-state index contributed by atoms with van der Waals surface area (Å²) in [6, 6.07) is 10.8. The monoisotopic (exact) mass is 338 g/mol. The highest BCUT2D eigenvalue weighted by Crippen LogP contribution is 2.06. The third-order valence-electron chi connectivity index (χ3n) is 3.63. The van der Waals surface area contributed by atoms with Gasteiger partial charge in [0.2, 0.25) is 0 Å². The van der Waals surface area contributed by atoms with Crippen LogP contribution in [0.25, 0.3) is 0 Å². The molecule has 0 aromatic heterocycles. The molecule has 20 heavy (non-hydrogen) atoms. The molecule has 0 unspecified atom stereocenters. The van der Waals surface area contributed by atoms with Gasteiger partial charge in [0.15, 0.2) is 0 Å². The van der Waals surface area contributed by atoms with Gasteiger partial charge in [-0.2, -0.15) is 0 Å². The number of rotatable bonds is 6. The first-order valence-corrected chi connectivity index (χ1v) is 7.46. The number of piperazine rings is 1. The van der Waals surface area contributed by atoms with Crippen molar-refractivity contribution in [2.45, 2.75) is 12.8 Å². The summed E-state index contributed by atoms with van der Waals surface area (Å²) in [5.74, 6) is 0.786. The SMILES string of the molecule is Cl.Cl.ClCCCN1CCN(CCc2ccccc2)CC1. The molecule has 0 aliphatic carbocycles. The molecule has 0 radical (unpaired) electrons. The summed E-state index contributed by atoms with van der Waals surface area (Å²) in [6.45, 7) is 7.16. The molecule has 2 nitrogen and oxygen atoms in total. The van der Waals surface area contributed by atoms with E-state index in [0.717, 1.165) is 18.8 Å². The van der Waals surface area contributed by atoms with Crippen molar-refractivity contribution in [3.05, 3.63) is 35.9 Å². The summed E-state index contributed by atoms with van der Waals surface area (Å²) < 4.78 is 0. The van der Waals surface area contributed by atoms with E-state index in [1.54, 1.807) is 0 Å². The summed E-state index contributed by atoms with van der Waals surface area (Å²) in [4.78, 5) is 5.10. The lowest BCUT2D eigenvalue weighted by Crippen LogP contribution is -2.47. The molecule has 0 bridgehead atoms. The van der Waals surface area contributed by atoms with Gasteiger partial charge in [-0.3, -0.25) is 0 Å². The molecular weight excluding hydrogens is 315 g/mol. The van der Waals surface area contributed by atoms with Crippen LogP contribution in [0.15, 0.2) is 30.3 Å². The molecular formula is C15H25Cl3N2. The molecule has 1 saturated heterocycles. The van der Waals surface area contributed by atoms with Crippen molar-refractivity contribution in [3.8, 4) is 0 Å². The van der Waals surface area contributed by atoms with E-state index in [1.807, 2.05) is 0 Å². The van der Waals surface area contributed by atoms with Gasteiger partial charge in [0.1, 0.15) is 0 Å². The van der Waals surface area contributed by atoms with Gasteiger partial charge < -0.3 is 9.80 Å². The van der Waals surface area contributed by atoms with Crippen LogP contribution in [-0.2, 0) is 6.42 Å². The Bertz CT molecular complexity index is 327. The normalized spacial score (nSPS) is 16.2. The second-order valence-electron chi connectivity index (χ2n) is 4.96. The lowest BCUT2D eigenvalue weighted by Gasteiger charge is -2.34. The van der Waals surface area contributed by atoms with Crippen LogP contribution < -0.4 is 0 Å². The third-order valence-corrected chi connectivity index (χ3v) is 3.90. The maximum Gasteiger partial charge on any atom is 0.0235 e. The van der Waals surface area contributed by atoms with Crippen molar-refractivity contribution in [1.82, 2.24) is 9.80 Å². The van der Waals surface area contributed by atoms with Crippen LogP contribution in [0.5, 0.6) is 0 Å². The maximum absolute atomic E-state index is 5.73. The zero-order chi connectivity index (χ0) is 12.6. The number of hydrogen-bond acceptors (Lipinski definition) is 2. The van der Waals surface area contributed by atoms with Crippen molar-refractivity contribution >= 4 is 36.4 Å². The van der Waals surface area contributed by atoms with E-state index in [9.17, 15) is 0 Å². The van der Waals surface area contributed by atoms with Crippen molar-refractivity contribution in [1.29, 1.82) is 0 Å². The van der Waals surface area contributed by atoms with E-state index in [2.05, 4.69) is 40.1 Å². The van der Waals surface area contributed by atoms with Crippen LogP contribution in [0, 0.1) is 0 Å². The lowest BCUT2D eigenvalue weighted by atomic mass is 10.1. The Morgan fingerprint density at radius 3 is 1.95 bits per heavy atom. The lowest BCUT2D eigenvalue weighted by molar-refractivity contribution is 0.134. The fourth-order valence-corrected chi connectivity index (χ4v) is 2.57. The zero-order valence-electron chi connectivity index (χ0n) is 11.8. The Hall–Kier alpha value is 0.01000. The summed E-state index contributed by atoms with van der Waals surface area (Å²) in [5, 5.41) is 0. The van der Waals surface area contributed by atoms with E-state index in [-0.39, 0.29) is 24.8 Å². The summed E-state index contributed by atoms with van der Waals surface area (Å²) >= 11 is 5.73. The Morgan fingerprint density at radius 1 is 0.850 bits per heavy atom. The summed E-state index contributed by atoms with van der Waals surface area (Å²) in [5.41, 5.74) is 1.45. The van der Waals surface area contributed by atoms with E-state index in [4.69, 9.17) is 11.6 Å². The van der Waals surface area contributed by atoms with Gasteiger partial charge in [-0.15, -0.1) is 36.4 Å². The fourth-order valence-electron chi connectivity index (χ4n) is 2.45. The van der Waals surface area contributed by atoms with Crippen molar-refractivity contribution < 1.29 is 0 Å². The number of nitrogens with zero attached hydrogens (tertiary/aromatic N) is 2. The highest BCUT2D eigenvalue weighted by molar-refractivity contribution is 6.17. The van der Waals surface area contributed by atoms with Gasteiger partial charge in [0.05, 0.1) is 0 Å². The van der Waals surface area contributed by atoms with Crippen LogP contribution >= 0.6 is 36.4 Å². The van der Waals surface area contributed by atoms with Gasteiger partial charge in [0, 0.05) is 38.6 Å². The highest BCUT2D eigenvalue weighted by Gasteiger charge is 2.15. The first-order chi connectivity index (χ1) is 8.88. The maximum atomic E-state index is 5.73. The number of benzene rings is 1. The standard InChI is InChI=1S/C15H23ClN2.2ClH/c16-8-4-9-17-11-13-18(14-12-17)10-7-15-5-2-1-3-6-15;;/h1-3,5-6H,4,7-14H2;2*1H. The smallest absolute Gasteiger partial charge is 0.0235 e. The molecule has 116 valence electrons. The molecule has 1 aliphatic heterocycles. The second-order valence-corrected chi connectivity index (χ2v) is 5.34. The molecule has 2 rings (SSSR count). The minimum absolute atomic E-state index is 0. The van der Waals surface area contributed by atoms with E-state index in [1.165, 1.54) is 44.7 Å². The first-order valence-electron chi connectivity index (χ1n) is 6.93. The molecule has 0 atom stereocenters. The van der Waals surface area contributed by atoms with E-state index < -0.39 is 0 Å². The van der Waals surface area contributed by atoms with Crippen molar-refractivity contribution in [2.75, 3.05) is 45.1 Å². The number of hydrogen-bond donors (Lipinski definition) is 0. The van der Waals surface area contributed by atoms with Crippen LogP contribution in [0.1, 0.15) is 12.0 Å². The predicted octanol–water partition coefficient (Wildman–Crippen LogP) is 3.32. The first kappa shape index (κ1) is 20.0. The minimum Gasteiger partial charge on any atom is -0.301 e. The predicted molar refractivity (Wildman–Crippen MR) is 92.9 cm³/mol. The summed E-state index contributed by atoms with van der Waals surface area (Å²) in [7, 11) is 0. The Labute approximate surface area is 140 Å². The minimum atomic E-state index is 0. The van der Waals surface area contributed by atoms with E-state index in [0.29, 0.717) is 0 Å². The van der Waals surface area contributed by atoms with Gasteiger partial charge in [-0.25, -0.2) is 0 Å². The third kappa shape index (κ3) is 7.14. The Morgan fingerprint density at radius 2 is 1.40 bits per heavy atom. The molecule has 1 aromatic carbocycles. The Balaban J connectivity index is 0.00000180. The van der Waals surface area contributed by atoms with Gasteiger partial charge in [-0.1, -0.05) is 30.3 Å². The van der Waals surface area contributed by atoms with Gasteiger partial charge in [-0.05, 0) is 24.9 Å². The highest BCUT2D eigenvalue weighted by atomic mass is 35.5. The second kappa shape index (κ2) is 11.6. The molecule has 1 heterocycles. The molecule has 1 aromatic rings. The molecule has 5 heteroatoms. The number of halogens is 3. The van der Waals surface area contributed by atoms with Crippen LogP contribution in [0.2, 0.25) is 0 Å². The summed E-state index contributed by atoms with van der Waals surface area (Å²) in [6.07, 6.45) is 2.29. The van der Waals surface area contributed by atoms with Crippen LogP contribution in [0.4, 0.5) is 0 Å². The molecule has 1 fully saturated rings.